The molecule has 2 atom stereocenters. The number of nitrogens with zero attached hydrogens (tertiary/aromatic N) is 3. The lowest BCUT2D eigenvalue weighted by molar-refractivity contribution is 0.0827. The Bertz CT molecular complexity index is 601. The Kier molecular flexibility index (Phi) is 6.85. The maximum Gasteiger partial charge on any atom is 0.253 e. The van der Waals surface area contributed by atoms with Gasteiger partial charge in [-0.3, -0.25) is 9.79 Å². The highest BCUT2D eigenvalue weighted by molar-refractivity contribution is 5.94. The molecule has 0 saturated carbocycles. The van der Waals surface area contributed by atoms with Crippen molar-refractivity contribution in [2.24, 2.45) is 16.8 Å². The van der Waals surface area contributed by atoms with E-state index in [4.69, 9.17) is 0 Å². The van der Waals surface area contributed by atoms with Crippen molar-refractivity contribution in [2.75, 3.05) is 40.8 Å². The third-order valence-electron chi connectivity index (χ3n) is 4.66. The van der Waals surface area contributed by atoms with Crippen molar-refractivity contribution in [3.05, 3.63) is 35.4 Å². The number of piperidine rings is 1. The minimum absolute atomic E-state index is 0.0434. The van der Waals surface area contributed by atoms with Crippen molar-refractivity contribution in [3.63, 3.8) is 0 Å². The SMILES string of the molecule is CN=C(NCCc1cccc(C(=O)N(C)C)c1)N1CC(C)CC(C)C1. The number of aliphatic imine (C=N–C) groups is 1. The van der Waals surface area contributed by atoms with Crippen molar-refractivity contribution >= 4 is 11.9 Å². The molecule has 1 N–H and O–H groups in total. The zero-order chi connectivity index (χ0) is 18.4. The first-order valence-electron chi connectivity index (χ1n) is 9.17. The maximum atomic E-state index is 12.1. The highest BCUT2D eigenvalue weighted by atomic mass is 16.2. The van der Waals surface area contributed by atoms with Gasteiger partial charge in [-0.15, -0.1) is 0 Å². The molecule has 0 aromatic heterocycles. The van der Waals surface area contributed by atoms with Crippen LogP contribution >= 0.6 is 0 Å². The molecule has 0 spiro atoms. The highest BCUT2D eigenvalue weighted by Crippen LogP contribution is 2.20. The van der Waals surface area contributed by atoms with Crippen LogP contribution in [0.3, 0.4) is 0 Å². The lowest BCUT2D eigenvalue weighted by Crippen LogP contribution is -2.48. The van der Waals surface area contributed by atoms with E-state index >= 15 is 0 Å². The minimum atomic E-state index is 0.0434. The lowest BCUT2D eigenvalue weighted by atomic mass is 9.92. The first-order valence-corrected chi connectivity index (χ1v) is 9.17. The molecule has 1 aromatic rings. The Morgan fingerprint density at radius 1 is 1.28 bits per heavy atom. The van der Waals surface area contributed by atoms with E-state index in [-0.39, 0.29) is 5.91 Å². The molecule has 1 aliphatic rings. The predicted molar refractivity (Wildman–Crippen MR) is 104 cm³/mol. The minimum Gasteiger partial charge on any atom is -0.356 e. The molecule has 0 radical (unpaired) electrons. The first-order chi connectivity index (χ1) is 11.9. The third kappa shape index (κ3) is 5.48. The molecule has 2 rings (SSSR count). The third-order valence-corrected chi connectivity index (χ3v) is 4.66. The molecule has 5 heteroatoms. The van der Waals surface area contributed by atoms with Crippen molar-refractivity contribution in [1.82, 2.24) is 15.1 Å². The normalized spacial score (nSPS) is 21.2. The van der Waals surface area contributed by atoms with Gasteiger partial charge in [0.05, 0.1) is 0 Å². The zero-order valence-corrected chi connectivity index (χ0v) is 16.2. The van der Waals surface area contributed by atoms with Gasteiger partial charge in [0.15, 0.2) is 5.96 Å². The summed E-state index contributed by atoms with van der Waals surface area (Å²) in [4.78, 5) is 20.5. The number of hydrogen-bond donors (Lipinski definition) is 1. The van der Waals surface area contributed by atoms with Crippen molar-refractivity contribution in [2.45, 2.75) is 26.7 Å². The number of carbonyl (C=O) groups is 1. The molecular weight excluding hydrogens is 312 g/mol. The number of nitrogens with one attached hydrogen (secondary N) is 1. The van der Waals surface area contributed by atoms with Gasteiger partial charge in [0, 0.05) is 46.3 Å². The number of carbonyl (C=O) groups excluding carboxylic acids is 1. The molecule has 2 unspecified atom stereocenters. The maximum absolute atomic E-state index is 12.1. The Balaban J connectivity index is 1.91. The quantitative estimate of drug-likeness (QED) is 0.674. The summed E-state index contributed by atoms with van der Waals surface area (Å²) >= 11 is 0. The van der Waals surface area contributed by atoms with Gasteiger partial charge < -0.3 is 15.1 Å². The van der Waals surface area contributed by atoms with Crippen LogP contribution in [0.25, 0.3) is 0 Å². The monoisotopic (exact) mass is 344 g/mol. The summed E-state index contributed by atoms with van der Waals surface area (Å²) in [6.07, 6.45) is 2.16. The van der Waals surface area contributed by atoms with Gasteiger partial charge in [-0.05, 0) is 42.4 Å². The Labute approximate surface area is 152 Å². The van der Waals surface area contributed by atoms with Crippen LogP contribution in [-0.4, -0.2) is 62.4 Å². The van der Waals surface area contributed by atoms with Crippen LogP contribution in [0.5, 0.6) is 0 Å². The van der Waals surface area contributed by atoms with Gasteiger partial charge in [-0.1, -0.05) is 26.0 Å². The molecule has 1 saturated heterocycles. The van der Waals surface area contributed by atoms with E-state index in [2.05, 4.69) is 35.1 Å². The summed E-state index contributed by atoms with van der Waals surface area (Å²) < 4.78 is 0. The van der Waals surface area contributed by atoms with Gasteiger partial charge in [0.25, 0.3) is 5.91 Å². The van der Waals surface area contributed by atoms with Gasteiger partial charge in [0.2, 0.25) is 0 Å². The number of amides is 1. The molecule has 25 heavy (non-hydrogen) atoms. The molecule has 0 bridgehead atoms. The largest absolute Gasteiger partial charge is 0.356 e. The van der Waals surface area contributed by atoms with Crippen LogP contribution in [0, 0.1) is 11.8 Å². The Hall–Kier alpha value is -2.04. The highest BCUT2D eigenvalue weighted by Gasteiger charge is 2.23. The first kappa shape index (κ1) is 19.3. The van der Waals surface area contributed by atoms with E-state index < -0.39 is 0 Å². The second kappa shape index (κ2) is 8.88. The number of benzene rings is 1. The van der Waals surface area contributed by atoms with Crippen LogP contribution in [0.1, 0.15) is 36.2 Å². The van der Waals surface area contributed by atoms with Gasteiger partial charge in [-0.2, -0.15) is 0 Å². The smallest absolute Gasteiger partial charge is 0.253 e. The summed E-state index contributed by atoms with van der Waals surface area (Å²) in [6, 6.07) is 7.88. The summed E-state index contributed by atoms with van der Waals surface area (Å²) in [5, 5.41) is 3.48. The lowest BCUT2D eigenvalue weighted by Gasteiger charge is -2.37. The molecule has 138 valence electrons. The van der Waals surface area contributed by atoms with Crippen LogP contribution in [0.2, 0.25) is 0 Å². The number of rotatable bonds is 4. The average Bonchev–Trinajstić information content (AvgIpc) is 2.57. The fourth-order valence-corrected chi connectivity index (χ4v) is 3.60. The summed E-state index contributed by atoms with van der Waals surface area (Å²) in [6.45, 7) is 7.56. The van der Waals surface area contributed by atoms with Gasteiger partial charge >= 0.3 is 0 Å². The summed E-state index contributed by atoms with van der Waals surface area (Å²) in [5.74, 6) is 2.44. The Morgan fingerprint density at radius 3 is 2.56 bits per heavy atom. The average molecular weight is 345 g/mol. The Morgan fingerprint density at radius 2 is 1.96 bits per heavy atom. The number of guanidine groups is 1. The molecule has 5 nitrogen and oxygen atoms in total. The van der Waals surface area contributed by atoms with Crippen molar-refractivity contribution < 1.29 is 4.79 Å². The van der Waals surface area contributed by atoms with Gasteiger partial charge in [0.1, 0.15) is 0 Å². The zero-order valence-electron chi connectivity index (χ0n) is 16.2. The number of hydrogen-bond acceptors (Lipinski definition) is 2. The molecular formula is C20H32N4O. The van der Waals surface area contributed by atoms with Crippen LogP contribution < -0.4 is 5.32 Å². The van der Waals surface area contributed by atoms with Crippen molar-refractivity contribution in [3.8, 4) is 0 Å². The summed E-state index contributed by atoms with van der Waals surface area (Å²) in [5.41, 5.74) is 1.90. The van der Waals surface area contributed by atoms with E-state index in [0.717, 1.165) is 43.1 Å². The fourth-order valence-electron chi connectivity index (χ4n) is 3.60. The molecule has 1 fully saturated rings. The van der Waals surface area contributed by atoms with E-state index in [1.807, 2.05) is 25.2 Å². The van der Waals surface area contributed by atoms with Gasteiger partial charge in [-0.25, -0.2) is 0 Å². The second-order valence-corrected chi connectivity index (χ2v) is 7.47. The van der Waals surface area contributed by atoms with Crippen LogP contribution in [0.4, 0.5) is 0 Å². The standard InChI is InChI=1S/C20H32N4O/c1-15-11-16(2)14-24(13-15)20(21-3)22-10-9-17-7-6-8-18(12-17)19(25)23(4)5/h6-8,12,15-16H,9-11,13-14H2,1-5H3,(H,21,22). The molecule has 1 amide bonds. The van der Waals surface area contributed by atoms with Crippen molar-refractivity contribution in [1.29, 1.82) is 0 Å². The van der Waals surface area contributed by atoms with E-state index in [9.17, 15) is 4.79 Å². The molecule has 1 heterocycles. The molecule has 1 aromatic carbocycles. The van der Waals surface area contributed by atoms with Crippen LogP contribution in [-0.2, 0) is 6.42 Å². The topological polar surface area (TPSA) is 47.9 Å². The summed E-state index contributed by atoms with van der Waals surface area (Å²) in [7, 11) is 5.41. The predicted octanol–water partition coefficient (Wildman–Crippen LogP) is 2.48. The van der Waals surface area contributed by atoms with Crippen LogP contribution in [0.15, 0.2) is 29.3 Å². The van der Waals surface area contributed by atoms with E-state index in [1.165, 1.54) is 6.42 Å². The molecule has 0 aliphatic carbocycles. The van der Waals surface area contributed by atoms with E-state index in [1.54, 1.807) is 19.0 Å². The number of likely N-dealkylation sites (tertiary alicyclic amines) is 1. The van der Waals surface area contributed by atoms with E-state index in [0.29, 0.717) is 11.8 Å². The second-order valence-electron chi connectivity index (χ2n) is 7.47. The molecule has 1 aliphatic heterocycles. The fraction of sp³-hybridized carbons (Fsp3) is 0.600.